The van der Waals surface area contributed by atoms with Gasteiger partial charge in [-0.25, -0.2) is 4.98 Å². The maximum absolute atomic E-state index is 5.05. The average molecular weight is 406 g/mol. The molecule has 4 aliphatic carbocycles. The molecule has 0 spiro atoms. The Balaban J connectivity index is 1.30. The van der Waals surface area contributed by atoms with E-state index in [4.69, 9.17) is 15.0 Å². The van der Waals surface area contributed by atoms with Gasteiger partial charge in [0, 0.05) is 12.4 Å². The van der Waals surface area contributed by atoms with Crippen LogP contribution in [0.5, 0.6) is 0 Å². The number of fused-ring (bicyclic) bond motifs is 4. The second-order valence-corrected chi connectivity index (χ2v) is 12.3. The van der Waals surface area contributed by atoms with Crippen LogP contribution >= 0.6 is 0 Å². The number of hydrogen-bond acceptors (Lipinski definition) is 3. The minimum absolute atomic E-state index is 0.331. The largest absolute Gasteiger partial charge is 0.287 e. The van der Waals surface area contributed by atoms with Crippen molar-refractivity contribution in [2.75, 3.05) is 0 Å². The van der Waals surface area contributed by atoms with Gasteiger partial charge in [-0.3, -0.25) is 9.98 Å². The van der Waals surface area contributed by atoms with Gasteiger partial charge < -0.3 is 0 Å². The highest BCUT2D eigenvalue weighted by atomic mass is 14.9. The Morgan fingerprint density at radius 3 is 1.53 bits per heavy atom. The number of rotatable bonds is 4. The highest BCUT2D eigenvalue weighted by Crippen LogP contribution is 2.67. The first-order valence-electron chi connectivity index (χ1n) is 12.1. The Kier molecular flexibility index (Phi) is 4.42. The Bertz CT molecular complexity index is 828. The summed E-state index contributed by atoms with van der Waals surface area (Å²) in [5.41, 5.74) is 3.39. The van der Waals surface area contributed by atoms with Gasteiger partial charge in [0.2, 0.25) is 0 Å². The van der Waals surface area contributed by atoms with Crippen molar-refractivity contribution in [1.82, 2.24) is 4.98 Å². The summed E-state index contributed by atoms with van der Waals surface area (Å²) >= 11 is 0. The van der Waals surface area contributed by atoms with E-state index < -0.39 is 0 Å². The van der Waals surface area contributed by atoms with Crippen molar-refractivity contribution in [3.05, 3.63) is 29.6 Å². The summed E-state index contributed by atoms with van der Waals surface area (Å²) in [6.07, 6.45) is 11.9. The van der Waals surface area contributed by atoms with Gasteiger partial charge in [-0.1, -0.05) is 47.6 Å². The Labute approximate surface area is 182 Å². The van der Waals surface area contributed by atoms with Crippen LogP contribution in [-0.4, -0.2) is 29.5 Å². The SMILES string of the molecule is CC1(C)[C@@H]2CC[C@@]1(C)[C@@H](N=Cc1cccc(C=N[C@H]3C[C@H]4CC[C@]3(C)C4(C)C)n1)C2. The number of nitrogens with zero attached hydrogens (tertiary/aromatic N) is 3. The highest BCUT2D eigenvalue weighted by molar-refractivity contribution is 5.82. The summed E-state index contributed by atoms with van der Waals surface area (Å²) in [6, 6.07) is 7.10. The molecular formula is C27H39N3. The lowest BCUT2D eigenvalue weighted by Gasteiger charge is -2.37. The van der Waals surface area contributed by atoms with Crippen LogP contribution in [-0.2, 0) is 0 Å². The van der Waals surface area contributed by atoms with E-state index in [1.54, 1.807) is 0 Å². The predicted molar refractivity (Wildman–Crippen MR) is 125 cm³/mol. The van der Waals surface area contributed by atoms with Crippen molar-refractivity contribution < 1.29 is 0 Å². The molecule has 1 heterocycles. The van der Waals surface area contributed by atoms with Crippen LogP contribution in [0, 0.1) is 33.5 Å². The van der Waals surface area contributed by atoms with Crippen molar-refractivity contribution in [2.24, 2.45) is 43.5 Å². The van der Waals surface area contributed by atoms with E-state index in [1.807, 2.05) is 12.4 Å². The predicted octanol–water partition coefficient (Wildman–Crippen LogP) is 6.35. The van der Waals surface area contributed by atoms with Crippen molar-refractivity contribution >= 4 is 12.4 Å². The maximum atomic E-state index is 5.05. The van der Waals surface area contributed by atoms with Crippen LogP contribution in [0.1, 0.15) is 91.5 Å². The standard InChI is InChI=1S/C27H39N3/c1-24(2)18-10-12-26(24,5)22(14-18)28-16-20-8-7-9-21(30-20)17-29-23-15-19-11-13-27(23,6)25(19,3)4/h7-9,16-19,22-23H,10-15H2,1-6H3/t18-,19-,22+,23+,26+,27+/m1/s1. The molecule has 1 aromatic heterocycles. The van der Waals surface area contributed by atoms with Gasteiger partial charge in [0.1, 0.15) is 0 Å². The fourth-order valence-electron chi connectivity index (χ4n) is 7.72. The molecule has 3 nitrogen and oxygen atoms in total. The first-order valence-corrected chi connectivity index (χ1v) is 12.1. The highest BCUT2D eigenvalue weighted by Gasteiger charge is 2.62. The molecule has 0 aromatic carbocycles. The van der Waals surface area contributed by atoms with E-state index in [0.29, 0.717) is 33.7 Å². The van der Waals surface area contributed by atoms with Crippen LogP contribution < -0.4 is 0 Å². The zero-order valence-electron chi connectivity index (χ0n) is 19.8. The number of aromatic nitrogens is 1. The van der Waals surface area contributed by atoms with Crippen molar-refractivity contribution in [1.29, 1.82) is 0 Å². The zero-order chi connectivity index (χ0) is 21.4. The van der Waals surface area contributed by atoms with E-state index in [-0.39, 0.29) is 0 Å². The summed E-state index contributed by atoms with van der Waals surface area (Å²) < 4.78 is 0. The Morgan fingerprint density at radius 2 is 1.20 bits per heavy atom. The third kappa shape index (κ3) is 2.66. The van der Waals surface area contributed by atoms with Crippen molar-refractivity contribution in [3.8, 4) is 0 Å². The Hall–Kier alpha value is -1.51. The molecule has 6 atom stereocenters. The summed E-state index contributed by atoms with van der Waals surface area (Å²) in [7, 11) is 0. The van der Waals surface area contributed by atoms with Gasteiger partial charge in [0.05, 0.1) is 23.5 Å². The van der Waals surface area contributed by atoms with Gasteiger partial charge in [0.15, 0.2) is 0 Å². The third-order valence-corrected chi connectivity index (χ3v) is 11.1. The van der Waals surface area contributed by atoms with Crippen molar-refractivity contribution in [3.63, 3.8) is 0 Å². The minimum Gasteiger partial charge on any atom is -0.287 e. The first-order chi connectivity index (χ1) is 14.1. The minimum atomic E-state index is 0.331. The summed E-state index contributed by atoms with van der Waals surface area (Å²) in [4.78, 5) is 14.9. The molecular weight excluding hydrogens is 366 g/mol. The molecule has 0 N–H and O–H groups in total. The molecule has 0 amide bonds. The molecule has 0 radical (unpaired) electrons. The lowest BCUT2D eigenvalue weighted by atomic mass is 9.69. The maximum Gasteiger partial charge on any atom is 0.0815 e. The Morgan fingerprint density at radius 1 is 0.767 bits per heavy atom. The second kappa shape index (κ2) is 6.50. The zero-order valence-corrected chi connectivity index (χ0v) is 19.8. The molecule has 4 aliphatic rings. The third-order valence-electron chi connectivity index (χ3n) is 11.1. The lowest BCUT2D eigenvalue weighted by molar-refractivity contribution is 0.137. The smallest absolute Gasteiger partial charge is 0.0815 e. The van der Waals surface area contributed by atoms with Crippen LogP contribution in [0.25, 0.3) is 0 Å². The van der Waals surface area contributed by atoms with E-state index in [0.717, 1.165) is 23.2 Å². The molecule has 5 rings (SSSR count). The van der Waals surface area contributed by atoms with Gasteiger partial charge in [-0.05, 0) is 84.2 Å². The molecule has 0 saturated heterocycles. The molecule has 4 saturated carbocycles. The quantitative estimate of drug-likeness (QED) is 0.538. The number of aliphatic imine (C=N–C) groups is 2. The molecule has 4 fully saturated rings. The molecule has 1 aromatic rings. The lowest BCUT2D eigenvalue weighted by Crippen LogP contribution is -2.34. The number of pyridine rings is 1. The molecule has 162 valence electrons. The van der Waals surface area contributed by atoms with Crippen LogP contribution in [0.3, 0.4) is 0 Å². The fourth-order valence-corrected chi connectivity index (χ4v) is 7.72. The van der Waals surface area contributed by atoms with Crippen LogP contribution in [0.4, 0.5) is 0 Å². The van der Waals surface area contributed by atoms with E-state index in [2.05, 4.69) is 59.7 Å². The monoisotopic (exact) mass is 405 g/mol. The summed E-state index contributed by atoms with van der Waals surface area (Å²) in [5, 5.41) is 0. The average Bonchev–Trinajstić information content (AvgIpc) is 3.22. The van der Waals surface area contributed by atoms with Gasteiger partial charge in [0.25, 0.3) is 0 Å². The van der Waals surface area contributed by atoms with Crippen LogP contribution in [0.2, 0.25) is 0 Å². The second-order valence-electron chi connectivity index (χ2n) is 12.3. The number of hydrogen-bond donors (Lipinski definition) is 0. The van der Waals surface area contributed by atoms with Crippen LogP contribution in [0.15, 0.2) is 28.2 Å². The summed E-state index contributed by atoms with van der Waals surface area (Å²) in [6.45, 7) is 14.7. The molecule has 30 heavy (non-hydrogen) atoms. The molecule has 4 bridgehead atoms. The fraction of sp³-hybridized carbons (Fsp3) is 0.741. The summed E-state index contributed by atoms with van der Waals surface area (Å²) in [5.74, 6) is 1.65. The van der Waals surface area contributed by atoms with Crippen molar-refractivity contribution in [2.45, 2.75) is 92.2 Å². The normalized spacial score (nSPS) is 43.4. The molecule has 3 heteroatoms. The molecule has 0 unspecified atom stereocenters. The van der Waals surface area contributed by atoms with Gasteiger partial charge >= 0.3 is 0 Å². The first kappa shape index (κ1) is 20.4. The van der Waals surface area contributed by atoms with Gasteiger partial charge in [-0.2, -0.15) is 0 Å². The van der Waals surface area contributed by atoms with Gasteiger partial charge in [-0.15, -0.1) is 0 Å². The van der Waals surface area contributed by atoms with E-state index in [1.165, 1.54) is 38.5 Å². The van der Waals surface area contributed by atoms with E-state index in [9.17, 15) is 0 Å². The topological polar surface area (TPSA) is 37.6 Å². The van der Waals surface area contributed by atoms with E-state index >= 15 is 0 Å². The molecule has 0 aliphatic heterocycles.